The number of rotatable bonds is 4. The summed E-state index contributed by atoms with van der Waals surface area (Å²) in [5.41, 5.74) is 1.39. The van der Waals surface area contributed by atoms with Gasteiger partial charge in [0.2, 0.25) is 5.91 Å². The molecule has 3 heterocycles. The van der Waals surface area contributed by atoms with E-state index in [0.717, 1.165) is 4.68 Å². The van der Waals surface area contributed by atoms with Gasteiger partial charge in [-0.05, 0) is 40.8 Å². The smallest absolute Gasteiger partial charge is 0.324 e. The molecule has 25 heavy (non-hydrogen) atoms. The van der Waals surface area contributed by atoms with Crippen LogP contribution in [0.3, 0.4) is 0 Å². The number of carbonyl (C=O) groups excluding carboxylic acids is 1. The molecule has 0 saturated heterocycles. The molecule has 0 aliphatic carbocycles. The van der Waals surface area contributed by atoms with Gasteiger partial charge in [-0.25, -0.2) is 14.2 Å². The van der Waals surface area contributed by atoms with Crippen LogP contribution in [0, 0.1) is 0 Å². The lowest BCUT2D eigenvalue weighted by atomic mass is 10.3. The van der Waals surface area contributed by atoms with Crippen LogP contribution in [-0.4, -0.2) is 40.3 Å². The minimum atomic E-state index is -0.367. The summed E-state index contributed by atoms with van der Waals surface area (Å²) < 4.78 is 3.98. The van der Waals surface area contributed by atoms with Crippen LogP contribution in [0.4, 0.5) is 5.69 Å². The largest absolute Gasteiger partial charge is 0.350 e. The molecule has 10 nitrogen and oxygen atoms in total. The molecule has 4 rings (SSSR count). The number of nitrogens with one attached hydrogen (secondary N) is 1. The van der Waals surface area contributed by atoms with Crippen LogP contribution >= 0.6 is 0 Å². The van der Waals surface area contributed by atoms with E-state index in [1.807, 2.05) is 0 Å². The Hall–Kier alpha value is -3.82. The Balaban J connectivity index is 1.53. The maximum atomic E-state index is 12.2. The van der Waals surface area contributed by atoms with E-state index in [0.29, 0.717) is 17.0 Å². The van der Waals surface area contributed by atoms with Gasteiger partial charge in [0.15, 0.2) is 5.65 Å². The van der Waals surface area contributed by atoms with Crippen LogP contribution in [0.1, 0.15) is 0 Å². The van der Waals surface area contributed by atoms with Crippen LogP contribution in [0.2, 0.25) is 0 Å². The fourth-order valence-electron chi connectivity index (χ4n) is 2.41. The zero-order chi connectivity index (χ0) is 17.2. The normalized spacial score (nSPS) is 10.9. The Morgan fingerprint density at radius 2 is 2.08 bits per heavy atom. The summed E-state index contributed by atoms with van der Waals surface area (Å²) >= 11 is 0. The Morgan fingerprint density at radius 1 is 1.16 bits per heavy atom. The number of benzene rings is 1. The molecule has 0 fully saturated rings. The number of aromatic nitrogens is 7. The molecular weight excluding hydrogens is 324 g/mol. The molecular formula is C15H12N8O2. The second-order valence-electron chi connectivity index (χ2n) is 5.22. The van der Waals surface area contributed by atoms with Gasteiger partial charge in [0, 0.05) is 11.9 Å². The highest BCUT2D eigenvalue weighted by Crippen LogP contribution is 2.13. The maximum Gasteiger partial charge on any atom is 0.350 e. The maximum absolute atomic E-state index is 12.2. The van der Waals surface area contributed by atoms with Gasteiger partial charge < -0.3 is 5.32 Å². The SMILES string of the molecule is O=C(Cn1nc2ccccn2c1=O)Nc1cccc(-n2cnnn2)c1. The molecule has 0 aliphatic rings. The van der Waals surface area contributed by atoms with E-state index in [-0.39, 0.29) is 18.1 Å². The summed E-state index contributed by atoms with van der Waals surface area (Å²) in [6.07, 6.45) is 3.06. The second-order valence-corrected chi connectivity index (χ2v) is 5.22. The number of fused-ring (bicyclic) bond motifs is 1. The van der Waals surface area contributed by atoms with Crippen molar-refractivity contribution in [1.82, 2.24) is 34.4 Å². The van der Waals surface area contributed by atoms with Gasteiger partial charge in [0.25, 0.3) is 0 Å². The van der Waals surface area contributed by atoms with E-state index in [1.165, 1.54) is 15.4 Å². The molecule has 0 atom stereocenters. The summed E-state index contributed by atoms with van der Waals surface area (Å²) in [4.78, 5) is 24.4. The third-order valence-electron chi connectivity index (χ3n) is 3.53. The minimum Gasteiger partial charge on any atom is -0.324 e. The average molecular weight is 336 g/mol. The zero-order valence-electron chi connectivity index (χ0n) is 12.9. The molecule has 4 aromatic rings. The second kappa shape index (κ2) is 6.00. The van der Waals surface area contributed by atoms with Gasteiger partial charge in [-0.3, -0.25) is 9.20 Å². The van der Waals surface area contributed by atoms with Crippen molar-refractivity contribution in [3.05, 3.63) is 65.5 Å². The topological polar surface area (TPSA) is 112 Å². The highest BCUT2D eigenvalue weighted by Gasteiger charge is 2.11. The van der Waals surface area contributed by atoms with Crippen molar-refractivity contribution in [3.63, 3.8) is 0 Å². The Bertz CT molecular complexity index is 1100. The number of hydrogen-bond donors (Lipinski definition) is 1. The third kappa shape index (κ3) is 2.87. The zero-order valence-corrected chi connectivity index (χ0v) is 12.9. The molecule has 0 bridgehead atoms. The van der Waals surface area contributed by atoms with Gasteiger partial charge in [0.05, 0.1) is 5.69 Å². The monoisotopic (exact) mass is 336 g/mol. The quantitative estimate of drug-likeness (QED) is 0.566. The molecule has 1 amide bonds. The van der Waals surface area contributed by atoms with Crippen molar-refractivity contribution < 1.29 is 4.79 Å². The Morgan fingerprint density at radius 3 is 2.88 bits per heavy atom. The average Bonchev–Trinajstić information content (AvgIpc) is 3.25. The molecule has 124 valence electrons. The van der Waals surface area contributed by atoms with Crippen molar-refractivity contribution in [2.24, 2.45) is 0 Å². The number of pyridine rings is 1. The first-order chi connectivity index (χ1) is 12.2. The Labute approximate surface area is 140 Å². The summed E-state index contributed by atoms with van der Waals surface area (Å²) in [7, 11) is 0. The van der Waals surface area contributed by atoms with E-state index < -0.39 is 0 Å². The highest BCUT2D eigenvalue weighted by atomic mass is 16.2. The van der Waals surface area contributed by atoms with Crippen molar-refractivity contribution >= 4 is 17.2 Å². The van der Waals surface area contributed by atoms with Crippen LogP contribution < -0.4 is 11.0 Å². The van der Waals surface area contributed by atoms with Gasteiger partial charge in [-0.1, -0.05) is 12.1 Å². The molecule has 3 aromatic heterocycles. The van der Waals surface area contributed by atoms with E-state index in [9.17, 15) is 9.59 Å². The number of nitrogens with zero attached hydrogens (tertiary/aromatic N) is 7. The molecule has 0 saturated carbocycles. The molecule has 1 N–H and O–H groups in total. The number of hydrogen-bond acceptors (Lipinski definition) is 6. The van der Waals surface area contributed by atoms with E-state index >= 15 is 0 Å². The van der Waals surface area contributed by atoms with Crippen LogP contribution in [0.5, 0.6) is 0 Å². The fourth-order valence-corrected chi connectivity index (χ4v) is 2.41. The van der Waals surface area contributed by atoms with Crippen LogP contribution in [0.25, 0.3) is 11.3 Å². The van der Waals surface area contributed by atoms with Gasteiger partial charge in [0.1, 0.15) is 12.9 Å². The van der Waals surface area contributed by atoms with Crippen LogP contribution in [0.15, 0.2) is 59.8 Å². The predicted molar refractivity (Wildman–Crippen MR) is 87.2 cm³/mol. The highest BCUT2D eigenvalue weighted by molar-refractivity contribution is 5.90. The number of carbonyl (C=O) groups is 1. The molecule has 1 aromatic carbocycles. The summed E-state index contributed by atoms with van der Waals surface area (Å²) in [5.74, 6) is -0.362. The standard InChI is InChI=1S/C15H12N8O2/c24-14(9-22-15(25)21-7-2-1-6-13(21)18-22)17-11-4-3-5-12(8-11)23-10-16-19-20-23/h1-8,10H,9H2,(H,17,24). The summed E-state index contributed by atoms with van der Waals surface area (Å²) in [6, 6.07) is 12.2. The first kappa shape index (κ1) is 14.8. The molecule has 0 aliphatic heterocycles. The van der Waals surface area contributed by atoms with Crippen molar-refractivity contribution in [2.75, 3.05) is 5.32 Å². The minimum absolute atomic E-state index is 0.185. The summed E-state index contributed by atoms with van der Waals surface area (Å²) in [6.45, 7) is -0.185. The number of tetrazole rings is 1. The molecule has 0 spiro atoms. The van der Waals surface area contributed by atoms with Gasteiger partial charge in [-0.2, -0.15) is 0 Å². The van der Waals surface area contributed by atoms with E-state index in [2.05, 4.69) is 25.9 Å². The molecule has 10 heteroatoms. The van der Waals surface area contributed by atoms with Crippen molar-refractivity contribution in [3.8, 4) is 5.69 Å². The Kier molecular flexibility index (Phi) is 3.54. The number of amides is 1. The van der Waals surface area contributed by atoms with Gasteiger partial charge >= 0.3 is 5.69 Å². The molecule has 0 radical (unpaired) electrons. The lowest BCUT2D eigenvalue weighted by molar-refractivity contribution is -0.117. The summed E-state index contributed by atoms with van der Waals surface area (Å²) in [5, 5.41) is 17.8. The fraction of sp³-hybridized carbons (Fsp3) is 0.0667. The first-order valence-corrected chi connectivity index (χ1v) is 7.38. The van der Waals surface area contributed by atoms with Crippen LogP contribution in [-0.2, 0) is 11.3 Å². The number of anilines is 1. The van der Waals surface area contributed by atoms with Crippen molar-refractivity contribution in [1.29, 1.82) is 0 Å². The first-order valence-electron chi connectivity index (χ1n) is 7.38. The lowest BCUT2D eigenvalue weighted by Gasteiger charge is -2.06. The van der Waals surface area contributed by atoms with E-state index in [4.69, 9.17) is 0 Å². The third-order valence-corrected chi connectivity index (χ3v) is 3.53. The lowest BCUT2D eigenvalue weighted by Crippen LogP contribution is -2.28. The van der Waals surface area contributed by atoms with E-state index in [1.54, 1.807) is 48.7 Å². The predicted octanol–water partition coefficient (Wildman–Crippen LogP) is 0.110. The van der Waals surface area contributed by atoms with Crippen molar-refractivity contribution in [2.45, 2.75) is 6.54 Å². The van der Waals surface area contributed by atoms with Gasteiger partial charge in [-0.15, -0.1) is 10.2 Å². The molecule has 0 unspecified atom stereocenters.